The molecule has 0 amide bonds. The molecule has 0 bridgehead atoms. The van der Waals surface area contributed by atoms with Gasteiger partial charge in [-0.1, -0.05) is 12.1 Å². The molecular weight excluding hydrogens is 580 g/mol. The Labute approximate surface area is 247 Å². The van der Waals surface area contributed by atoms with Gasteiger partial charge in [-0.2, -0.15) is 5.26 Å². The lowest BCUT2D eigenvalue weighted by Gasteiger charge is -2.27. The molecule has 0 saturated carbocycles. The average Bonchev–Trinajstić information content (AvgIpc) is 3.33. The van der Waals surface area contributed by atoms with Crippen molar-refractivity contribution in [3.8, 4) is 23.2 Å². The first-order valence-electron chi connectivity index (χ1n) is 13.5. The Morgan fingerprint density at radius 2 is 1.80 bits per heavy atom. The van der Waals surface area contributed by atoms with Crippen LogP contribution in [0.3, 0.4) is 0 Å². The predicted octanol–water partition coefficient (Wildman–Crippen LogP) is 6.18. The van der Waals surface area contributed by atoms with E-state index >= 15 is 8.78 Å². The number of nitrogens with zero attached hydrogens (tertiary/aromatic N) is 4. The summed E-state index contributed by atoms with van der Waals surface area (Å²) in [5.41, 5.74) is 0.0943. The van der Waals surface area contributed by atoms with Crippen LogP contribution in [0.5, 0.6) is 5.88 Å². The van der Waals surface area contributed by atoms with E-state index in [0.29, 0.717) is 6.61 Å². The fourth-order valence-electron chi connectivity index (χ4n) is 4.94. The van der Waals surface area contributed by atoms with Crippen molar-refractivity contribution in [1.29, 1.82) is 5.26 Å². The van der Waals surface area contributed by atoms with Crippen molar-refractivity contribution in [3.63, 3.8) is 0 Å². The molecule has 0 radical (unpaired) electrons. The number of carboxylic acids is 1. The van der Waals surface area contributed by atoms with Crippen molar-refractivity contribution in [2.24, 2.45) is 0 Å². The van der Waals surface area contributed by atoms with Crippen LogP contribution >= 0.6 is 0 Å². The molecule has 44 heavy (non-hydrogen) atoms. The Morgan fingerprint density at radius 1 is 1.00 bits per heavy atom. The standard InChI is InChI=1S/C32H22F4N4O4/c33-23-8-17(14-37)4-5-18(23)16-44-30-3-1-2-27(38-30)22-13-24(34)19(9-25(22)35)12-29-39-31-26(36)10-20(32(41)42)11-28(31)40(29)15-21-6-7-43-21/h1-5,8-11,13,21H,6-7,12,15-16H2,(H,41,42)/t21-/m0/s1. The van der Waals surface area contributed by atoms with Crippen molar-refractivity contribution in [2.45, 2.75) is 32.1 Å². The van der Waals surface area contributed by atoms with E-state index in [2.05, 4.69) is 9.97 Å². The van der Waals surface area contributed by atoms with Crippen molar-refractivity contribution in [1.82, 2.24) is 14.5 Å². The van der Waals surface area contributed by atoms with Gasteiger partial charge in [-0.05, 0) is 54.4 Å². The minimum absolute atomic E-state index is 0.0461. The minimum Gasteiger partial charge on any atom is -0.478 e. The SMILES string of the molecule is N#Cc1ccc(COc2cccc(-c3cc(F)c(Cc4nc5c(F)cc(C(=O)O)cc5n4C[C@@H]4CCO4)cc3F)n2)c(F)c1. The van der Waals surface area contributed by atoms with Crippen molar-refractivity contribution in [2.75, 3.05) is 6.61 Å². The Bertz CT molecular complexity index is 1970. The van der Waals surface area contributed by atoms with E-state index < -0.39 is 29.2 Å². The van der Waals surface area contributed by atoms with Crippen LogP contribution in [-0.2, 0) is 24.3 Å². The number of carboxylic acid groups (broad SMARTS) is 1. The highest BCUT2D eigenvalue weighted by Crippen LogP contribution is 2.30. The first kappa shape index (κ1) is 28.8. The molecule has 3 heterocycles. The monoisotopic (exact) mass is 602 g/mol. The molecular formula is C32H22F4N4O4. The van der Waals surface area contributed by atoms with E-state index in [1.54, 1.807) is 4.57 Å². The Morgan fingerprint density at radius 3 is 2.50 bits per heavy atom. The Hall–Kier alpha value is -5.28. The summed E-state index contributed by atoms with van der Waals surface area (Å²) in [6, 6.07) is 14.4. The maximum atomic E-state index is 15.5. The molecule has 3 aromatic carbocycles. The predicted molar refractivity (Wildman–Crippen MR) is 149 cm³/mol. The number of pyridine rings is 1. The Kier molecular flexibility index (Phi) is 7.71. The molecule has 1 aliphatic rings. The van der Waals surface area contributed by atoms with E-state index in [4.69, 9.17) is 14.7 Å². The lowest BCUT2D eigenvalue weighted by Crippen LogP contribution is -2.31. The zero-order valence-electron chi connectivity index (χ0n) is 22.9. The van der Waals surface area contributed by atoms with Crippen LogP contribution in [0.1, 0.15) is 39.3 Å². The minimum atomic E-state index is -1.31. The maximum absolute atomic E-state index is 15.5. The summed E-state index contributed by atoms with van der Waals surface area (Å²) in [5, 5.41) is 18.3. The summed E-state index contributed by atoms with van der Waals surface area (Å²) in [5.74, 6) is -4.06. The third-order valence-electron chi connectivity index (χ3n) is 7.35. The number of carbonyl (C=O) groups is 1. The highest BCUT2D eigenvalue weighted by molar-refractivity contribution is 5.92. The zero-order chi connectivity index (χ0) is 31.0. The second-order valence-corrected chi connectivity index (χ2v) is 10.2. The smallest absolute Gasteiger partial charge is 0.335 e. The molecule has 2 aromatic heterocycles. The number of rotatable bonds is 9. The van der Waals surface area contributed by atoms with Gasteiger partial charge in [0.25, 0.3) is 0 Å². The number of ether oxygens (including phenoxy) is 2. The number of imidazole rings is 1. The molecule has 12 heteroatoms. The van der Waals surface area contributed by atoms with Crippen LogP contribution in [0.2, 0.25) is 0 Å². The number of hydrogen-bond donors (Lipinski definition) is 1. The quantitative estimate of drug-likeness (QED) is 0.201. The topological polar surface area (TPSA) is 110 Å². The summed E-state index contributed by atoms with van der Waals surface area (Å²) in [7, 11) is 0. The van der Waals surface area contributed by atoms with Gasteiger partial charge in [0.15, 0.2) is 5.82 Å². The van der Waals surface area contributed by atoms with Crippen LogP contribution in [0.25, 0.3) is 22.3 Å². The normalized spacial score (nSPS) is 14.3. The molecule has 0 unspecified atom stereocenters. The maximum Gasteiger partial charge on any atom is 0.335 e. The number of aromatic carboxylic acids is 1. The van der Waals surface area contributed by atoms with Crippen LogP contribution in [-0.4, -0.2) is 38.3 Å². The molecule has 1 aliphatic heterocycles. The van der Waals surface area contributed by atoms with Crippen molar-refractivity contribution < 1.29 is 36.9 Å². The third kappa shape index (κ3) is 5.69. The third-order valence-corrected chi connectivity index (χ3v) is 7.35. The van der Waals surface area contributed by atoms with Crippen LogP contribution in [0.15, 0.2) is 60.7 Å². The Balaban J connectivity index is 1.28. The first-order valence-corrected chi connectivity index (χ1v) is 13.5. The molecule has 8 nitrogen and oxygen atoms in total. The van der Waals surface area contributed by atoms with E-state index in [1.165, 1.54) is 36.4 Å². The summed E-state index contributed by atoms with van der Waals surface area (Å²) in [4.78, 5) is 20.1. The van der Waals surface area contributed by atoms with Gasteiger partial charge in [0, 0.05) is 30.2 Å². The largest absolute Gasteiger partial charge is 0.478 e. The number of aromatic nitrogens is 3. The number of fused-ring (bicyclic) bond motifs is 1. The number of halogens is 4. The van der Waals surface area contributed by atoms with Crippen LogP contribution < -0.4 is 4.74 Å². The fourth-order valence-corrected chi connectivity index (χ4v) is 4.94. The lowest BCUT2D eigenvalue weighted by atomic mass is 10.0. The average molecular weight is 603 g/mol. The molecule has 1 fully saturated rings. The molecule has 1 N–H and O–H groups in total. The molecule has 1 saturated heterocycles. The van der Waals surface area contributed by atoms with Gasteiger partial charge in [0.05, 0.1) is 41.1 Å². The number of benzene rings is 3. The molecule has 0 aliphatic carbocycles. The summed E-state index contributed by atoms with van der Waals surface area (Å²) < 4.78 is 72.6. The van der Waals surface area contributed by atoms with Crippen molar-refractivity contribution >= 4 is 17.0 Å². The summed E-state index contributed by atoms with van der Waals surface area (Å²) in [6.07, 6.45) is 0.315. The van der Waals surface area contributed by atoms with Gasteiger partial charge in [-0.15, -0.1) is 0 Å². The molecule has 6 rings (SSSR count). The van der Waals surface area contributed by atoms with Crippen LogP contribution in [0, 0.1) is 34.6 Å². The number of hydrogen-bond acceptors (Lipinski definition) is 6. The molecule has 1 atom stereocenters. The van der Waals surface area contributed by atoms with E-state index in [-0.39, 0.29) is 81.9 Å². The van der Waals surface area contributed by atoms with E-state index in [9.17, 15) is 18.7 Å². The lowest BCUT2D eigenvalue weighted by molar-refractivity contribution is -0.0589. The van der Waals surface area contributed by atoms with Gasteiger partial charge in [-0.3, -0.25) is 0 Å². The van der Waals surface area contributed by atoms with E-state index in [0.717, 1.165) is 30.7 Å². The highest BCUT2D eigenvalue weighted by Gasteiger charge is 2.25. The van der Waals surface area contributed by atoms with Gasteiger partial charge in [0.2, 0.25) is 5.88 Å². The van der Waals surface area contributed by atoms with Gasteiger partial charge in [-0.25, -0.2) is 32.3 Å². The van der Waals surface area contributed by atoms with Gasteiger partial charge >= 0.3 is 5.97 Å². The van der Waals surface area contributed by atoms with E-state index in [1.807, 2.05) is 6.07 Å². The number of nitriles is 1. The second kappa shape index (κ2) is 11.8. The molecule has 0 spiro atoms. The van der Waals surface area contributed by atoms with Gasteiger partial charge in [0.1, 0.15) is 35.4 Å². The van der Waals surface area contributed by atoms with Crippen LogP contribution in [0.4, 0.5) is 17.6 Å². The zero-order valence-corrected chi connectivity index (χ0v) is 22.9. The fraction of sp³-hybridized carbons (Fsp3) is 0.188. The molecule has 5 aromatic rings. The van der Waals surface area contributed by atoms with Gasteiger partial charge < -0.3 is 19.1 Å². The van der Waals surface area contributed by atoms with Crippen molar-refractivity contribution in [3.05, 3.63) is 112 Å². The second-order valence-electron chi connectivity index (χ2n) is 10.2. The highest BCUT2D eigenvalue weighted by atomic mass is 19.1. The first-order chi connectivity index (χ1) is 21.2. The summed E-state index contributed by atoms with van der Waals surface area (Å²) >= 11 is 0. The molecule has 222 valence electrons. The summed E-state index contributed by atoms with van der Waals surface area (Å²) in [6.45, 7) is 0.583.